The first-order valence-electron chi connectivity index (χ1n) is 4.42. The Kier molecular flexibility index (Phi) is 3.62. The van der Waals surface area contributed by atoms with Crippen LogP contribution < -0.4 is 5.73 Å². The molecular weight excluding hydrogens is 227 g/mol. The summed E-state index contributed by atoms with van der Waals surface area (Å²) in [6.07, 6.45) is -4.26. The van der Waals surface area contributed by atoms with Crippen LogP contribution in [0.5, 0.6) is 0 Å². The number of nitrogens with two attached hydrogens (primary N) is 1. The Bertz CT molecular complexity index is 347. The van der Waals surface area contributed by atoms with E-state index < -0.39 is 11.7 Å². The van der Waals surface area contributed by atoms with Crippen molar-refractivity contribution in [1.29, 1.82) is 0 Å². The zero-order chi connectivity index (χ0) is 11.6. The highest BCUT2D eigenvalue weighted by Gasteiger charge is 2.33. The third-order valence-electron chi connectivity index (χ3n) is 1.95. The molecule has 5 heteroatoms. The zero-order valence-corrected chi connectivity index (χ0v) is 8.86. The Labute approximate surface area is 91.0 Å². The van der Waals surface area contributed by atoms with Gasteiger partial charge >= 0.3 is 6.18 Å². The van der Waals surface area contributed by atoms with Crippen molar-refractivity contribution in [3.05, 3.63) is 34.3 Å². The molecule has 0 saturated heterocycles. The highest BCUT2D eigenvalue weighted by atomic mass is 35.5. The standard InChI is InChI=1S/C10H11ClF3N/c1-6(15)5-7-8(10(12,13)14)3-2-4-9(7)11/h2-4,6H,5,15H2,1H3/t6-/m1/s1. The van der Waals surface area contributed by atoms with Crippen LogP contribution in [0.15, 0.2) is 18.2 Å². The first kappa shape index (κ1) is 12.3. The van der Waals surface area contributed by atoms with Crippen LogP contribution in [-0.2, 0) is 12.6 Å². The summed E-state index contributed by atoms with van der Waals surface area (Å²) < 4.78 is 37.7. The van der Waals surface area contributed by atoms with Crippen molar-refractivity contribution < 1.29 is 13.2 Å². The van der Waals surface area contributed by atoms with Gasteiger partial charge in [-0.1, -0.05) is 17.7 Å². The first-order valence-corrected chi connectivity index (χ1v) is 4.80. The van der Waals surface area contributed by atoms with Crippen LogP contribution in [0.25, 0.3) is 0 Å². The molecule has 84 valence electrons. The maximum Gasteiger partial charge on any atom is 0.416 e. The van der Waals surface area contributed by atoms with E-state index in [0.29, 0.717) is 0 Å². The lowest BCUT2D eigenvalue weighted by atomic mass is 10.0. The molecule has 1 atom stereocenters. The summed E-state index contributed by atoms with van der Waals surface area (Å²) in [6, 6.07) is 3.39. The van der Waals surface area contributed by atoms with Crippen LogP contribution in [0, 0.1) is 0 Å². The van der Waals surface area contributed by atoms with Gasteiger partial charge in [0.05, 0.1) is 5.56 Å². The minimum Gasteiger partial charge on any atom is -0.328 e. The highest BCUT2D eigenvalue weighted by Crippen LogP contribution is 2.35. The van der Waals surface area contributed by atoms with E-state index in [-0.39, 0.29) is 23.0 Å². The van der Waals surface area contributed by atoms with Crippen molar-refractivity contribution in [3.8, 4) is 0 Å². The number of rotatable bonds is 2. The fourth-order valence-electron chi connectivity index (χ4n) is 1.35. The second kappa shape index (κ2) is 4.41. The summed E-state index contributed by atoms with van der Waals surface area (Å²) in [6.45, 7) is 1.64. The van der Waals surface area contributed by atoms with E-state index in [2.05, 4.69) is 0 Å². The van der Waals surface area contributed by atoms with E-state index in [1.54, 1.807) is 6.92 Å². The molecule has 0 aliphatic carbocycles. The lowest BCUT2D eigenvalue weighted by Gasteiger charge is -2.15. The molecule has 15 heavy (non-hydrogen) atoms. The molecule has 1 rings (SSSR count). The second-order valence-electron chi connectivity index (χ2n) is 3.45. The average molecular weight is 238 g/mol. The molecule has 0 fully saturated rings. The topological polar surface area (TPSA) is 26.0 Å². The van der Waals surface area contributed by atoms with Crippen molar-refractivity contribution in [1.82, 2.24) is 0 Å². The lowest BCUT2D eigenvalue weighted by molar-refractivity contribution is -0.138. The Morgan fingerprint density at radius 3 is 2.47 bits per heavy atom. The van der Waals surface area contributed by atoms with E-state index in [9.17, 15) is 13.2 Å². The number of halogens is 4. The predicted octanol–water partition coefficient (Wildman–Crippen LogP) is 3.25. The van der Waals surface area contributed by atoms with E-state index in [1.165, 1.54) is 12.1 Å². The first-order chi connectivity index (χ1) is 6.82. The van der Waals surface area contributed by atoms with Gasteiger partial charge in [0.1, 0.15) is 0 Å². The van der Waals surface area contributed by atoms with Crippen LogP contribution in [0.1, 0.15) is 18.1 Å². The van der Waals surface area contributed by atoms with Gasteiger partial charge in [0.25, 0.3) is 0 Å². The minimum absolute atomic E-state index is 0.0710. The van der Waals surface area contributed by atoms with Gasteiger partial charge in [-0.2, -0.15) is 13.2 Å². The molecular formula is C10H11ClF3N. The zero-order valence-electron chi connectivity index (χ0n) is 8.11. The molecule has 0 unspecified atom stereocenters. The van der Waals surface area contributed by atoms with Crippen LogP contribution in [-0.4, -0.2) is 6.04 Å². The molecule has 0 bridgehead atoms. The molecule has 0 amide bonds. The number of benzene rings is 1. The maximum absolute atomic E-state index is 12.6. The van der Waals surface area contributed by atoms with Gasteiger partial charge in [-0.05, 0) is 31.0 Å². The van der Waals surface area contributed by atoms with Crippen LogP contribution >= 0.6 is 11.6 Å². The summed E-state index contributed by atoms with van der Waals surface area (Å²) in [4.78, 5) is 0. The van der Waals surface area contributed by atoms with E-state index in [1.807, 2.05) is 0 Å². The summed E-state index contributed by atoms with van der Waals surface area (Å²) in [5.41, 5.74) is 4.85. The minimum atomic E-state index is -4.38. The summed E-state index contributed by atoms with van der Waals surface area (Å²) in [5, 5.41) is 0.113. The maximum atomic E-state index is 12.6. The molecule has 1 aromatic carbocycles. The Morgan fingerprint density at radius 1 is 1.40 bits per heavy atom. The number of alkyl halides is 3. The van der Waals surface area contributed by atoms with Crippen molar-refractivity contribution in [2.75, 3.05) is 0 Å². The molecule has 0 aliphatic rings. The van der Waals surface area contributed by atoms with Crippen molar-refractivity contribution in [2.45, 2.75) is 25.6 Å². The van der Waals surface area contributed by atoms with Crippen LogP contribution in [0.2, 0.25) is 5.02 Å². The molecule has 0 aliphatic heterocycles. The second-order valence-corrected chi connectivity index (χ2v) is 3.85. The van der Waals surface area contributed by atoms with Crippen molar-refractivity contribution in [3.63, 3.8) is 0 Å². The number of hydrogen-bond acceptors (Lipinski definition) is 1. The fourth-order valence-corrected chi connectivity index (χ4v) is 1.61. The Morgan fingerprint density at radius 2 is 2.00 bits per heavy atom. The van der Waals surface area contributed by atoms with Crippen LogP contribution in [0.3, 0.4) is 0 Å². The summed E-state index contributed by atoms with van der Waals surface area (Å²) in [5.74, 6) is 0. The lowest BCUT2D eigenvalue weighted by Crippen LogP contribution is -2.21. The molecule has 1 nitrogen and oxygen atoms in total. The predicted molar refractivity (Wildman–Crippen MR) is 53.8 cm³/mol. The molecule has 0 aromatic heterocycles. The summed E-state index contributed by atoms with van der Waals surface area (Å²) >= 11 is 5.72. The van der Waals surface area contributed by atoms with Gasteiger partial charge in [0.2, 0.25) is 0 Å². The normalized spacial score (nSPS) is 14.0. The number of hydrogen-bond donors (Lipinski definition) is 1. The third kappa shape index (κ3) is 3.11. The van der Waals surface area contributed by atoms with E-state index >= 15 is 0 Å². The van der Waals surface area contributed by atoms with Gasteiger partial charge in [0.15, 0.2) is 0 Å². The Balaban J connectivity index is 3.21. The smallest absolute Gasteiger partial charge is 0.328 e. The third-order valence-corrected chi connectivity index (χ3v) is 2.30. The quantitative estimate of drug-likeness (QED) is 0.840. The largest absolute Gasteiger partial charge is 0.416 e. The molecule has 0 spiro atoms. The molecule has 0 heterocycles. The van der Waals surface area contributed by atoms with Gasteiger partial charge in [0, 0.05) is 11.1 Å². The van der Waals surface area contributed by atoms with Gasteiger partial charge < -0.3 is 5.73 Å². The van der Waals surface area contributed by atoms with E-state index in [0.717, 1.165) is 6.07 Å². The van der Waals surface area contributed by atoms with E-state index in [4.69, 9.17) is 17.3 Å². The molecule has 0 radical (unpaired) electrons. The molecule has 0 saturated carbocycles. The van der Waals surface area contributed by atoms with Gasteiger partial charge in [-0.3, -0.25) is 0 Å². The molecule has 1 aromatic rings. The average Bonchev–Trinajstić information content (AvgIpc) is 2.05. The summed E-state index contributed by atoms with van der Waals surface area (Å²) in [7, 11) is 0. The monoisotopic (exact) mass is 237 g/mol. The Hall–Kier alpha value is -0.740. The SMILES string of the molecule is C[C@@H](N)Cc1c(Cl)cccc1C(F)(F)F. The van der Waals surface area contributed by atoms with Crippen LogP contribution in [0.4, 0.5) is 13.2 Å². The van der Waals surface area contributed by atoms with Crippen molar-refractivity contribution >= 4 is 11.6 Å². The van der Waals surface area contributed by atoms with Gasteiger partial charge in [-0.15, -0.1) is 0 Å². The fraction of sp³-hybridized carbons (Fsp3) is 0.400. The van der Waals surface area contributed by atoms with Gasteiger partial charge in [-0.25, -0.2) is 0 Å². The molecule has 2 N–H and O–H groups in total. The highest BCUT2D eigenvalue weighted by molar-refractivity contribution is 6.31. The van der Waals surface area contributed by atoms with Crippen molar-refractivity contribution in [2.24, 2.45) is 5.73 Å².